The molecule has 0 saturated carbocycles. The molecule has 0 amide bonds. The lowest BCUT2D eigenvalue weighted by Crippen LogP contribution is -2.12. The molecule has 20 heavy (non-hydrogen) atoms. The Morgan fingerprint density at radius 3 is 2.80 bits per heavy atom. The number of hydrogen-bond acceptors (Lipinski definition) is 4. The lowest BCUT2D eigenvalue weighted by Gasteiger charge is -2.11. The van der Waals surface area contributed by atoms with E-state index in [4.69, 9.17) is 15.7 Å². The molecular formula is C15H14BrN3O. The van der Waals surface area contributed by atoms with Crippen LogP contribution in [-0.2, 0) is 0 Å². The summed E-state index contributed by atoms with van der Waals surface area (Å²) >= 11 is 3.34. The summed E-state index contributed by atoms with van der Waals surface area (Å²) in [5.41, 5.74) is 7.79. The number of anilines is 2. The molecule has 0 heterocycles. The number of nitriles is 1. The van der Waals surface area contributed by atoms with Crippen molar-refractivity contribution in [2.75, 3.05) is 24.2 Å². The molecule has 0 aliphatic heterocycles. The van der Waals surface area contributed by atoms with Gasteiger partial charge >= 0.3 is 0 Å². The number of halogens is 1. The van der Waals surface area contributed by atoms with Crippen molar-refractivity contribution in [3.05, 3.63) is 52.5 Å². The summed E-state index contributed by atoms with van der Waals surface area (Å²) in [5, 5.41) is 12.2. The predicted molar refractivity (Wildman–Crippen MR) is 83.7 cm³/mol. The highest BCUT2D eigenvalue weighted by Gasteiger charge is 2.02. The van der Waals surface area contributed by atoms with Crippen molar-refractivity contribution >= 4 is 27.3 Å². The van der Waals surface area contributed by atoms with Crippen LogP contribution in [0.4, 0.5) is 11.4 Å². The first-order chi connectivity index (χ1) is 9.70. The smallest absolute Gasteiger partial charge is 0.142 e. The maximum Gasteiger partial charge on any atom is 0.142 e. The molecule has 0 saturated heterocycles. The summed E-state index contributed by atoms with van der Waals surface area (Å²) in [5.74, 6) is 0.672. The molecule has 0 aromatic heterocycles. The standard InChI is InChI=1S/C15H14BrN3O/c16-12-5-6-14(11(9-12)10-17)19-7-8-20-15-4-2-1-3-13(15)18/h1-6,9,19H,7-8,18H2. The fourth-order valence-electron chi connectivity index (χ4n) is 1.72. The van der Waals surface area contributed by atoms with Gasteiger partial charge in [-0.1, -0.05) is 28.1 Å². The highest BCUT2D eigenvalue weighted by Crippen LogP contribution is 2.21. The summed E-state index contributed by atoms with van der Waals surface area (Å²) in [7, 11) is 0. The number of nitrogen functional groups attached to an aromatic ring is 1. The molecule has 3 N–H and O–H groups in total. The molecule has 2 rings (SSSR count). The first-order valence-electron chi connectivity index (χ1n) is 6.11. The third kappa shape index (κ3) is 3.65. The van der Waals surface area contributed by atoms with Crippen LogP contribution in [0.3, 0.4) is 0 Å². The third-order valence-electron chi connectivity index (χ3n) is 2.70. The normalized spacial score (nSPS) is 9.80. The highest BCUT2D eigenvalue weighted by molar-refractivity contribution is 9.10. The first-order valence-corrected chi connectivity index (χ1v) is 6.91. The molecule has 5 heteroatoms. The van der Waals surface area contributed by atoms with Crippen LogP contribution in [-0.4, -0.2) is 13.2 Å². The maximum atomic E-state index is 9.06. The van der Waals surface area contributed by atoms with Gasteiger partial charge < -0.3 is 15.8 Å². The Labute approximate surface area is 126 Å². The van der Waals surface area contributed by atoms with Gasteiger partial charge in [-0.05, 0) is 30.3 Å². The van der Waals surface area contributed by atoms with E-state index in [-0.39, 0.29) is 0 Å². The number of rotatable bonds is 5. The van der Waals surface area contributed by atoms with Crippen LogP contribution in [0.15, 0.2) is 46.9 Å². The van der Waals surface area contributed by atoms with E-state index in [1.165, 1.54) is 0 Å². The molecule has 102 valence electrons. The largest absolute Gasteiger partial charge is 0.490 e. The highest BCUT2D eigenvalue weighted by atomic mass is 79.9. The van der Waals surface area contributed by atoms with Crippen molar-refractivity contribution in [2.45, 2.75) is 0 Å². The summed E-state index contributed by atoms with van der Waals surface area (Å²) < 4.78 is 6.46. The van der Waals surface area contributed by atoms with Crippen molar-refractivity contribution in [3.8, 4) is 11.8 Å². The van der Waals surface area contributed by atoms with E-state index in [0.717, 1.165) is 10.2 Å². The van der Waals surface area contributed by atoms with Gasteiger partial charge in [0, 0.05) is 11.0 Å². The van der Waals surface area contributed by atoms with Crippen molar-refractivity contribution in [2.24, 2.45) is 0 Å². The second kappa shape index (κ2) is 6.83. The number of nitrogens with two attached hydrogens (primary N) is 1. The van der Waals surface area contributed by atoms with Crippen LogP contribution >= 0.6 is 15.9 Å². The maximum absolute atomic E-state index is 9.06. The average molecular weight is 332 g/mol. The second-order valence-electron chi connectivity index (χ2n) is 4.11. The van der Waals surface area contributed by atoms with E-state index in [1.807, 2.05) is 30.3 Å². The van der Waals surface area contributed by atoms with Crippen LogP contribution in [0.25, 0.3) is 0 Å². The molecular weight excluding hydrogens is 318 g/mol. The SMILES string of the molecule is N#Cc1cc(Br)ccc1NCCOc1ccccc1N. The number of benzene rings is 2. The van der Waals surface area contributed by atoms with Crippen LogP contribution in [0.2, 0.25) is 0 Å². The van der Waals surface area contributed by atoms with Gasteiger partial charge in [-0.25, -0.2) is 0 Å². The summed E-state index contributed by atoms with van der Waals surface area (Å²) in [6.07, 6.45) is 0. The van der Waals surface area contributed by atoms with E-state index in [2.05, 4.69) is 27.3 Å². The van der Waals surface area contributed by atoms with Crippen LogP contribution in [0.1, 0.15) is 5.56 Å². The van der Waals surface area contributed by atoms with E-state index < -0.39 is 0 Å². The molecule has 2 aromatic carbocycles. The number of nitrogens with one attached hydrogen (secondary N) is 1. The number of hydrogen-bond donors (Lipinski definition) is 2. The number of para-hydroxylation sites is 2. The Balaban J connectivity index is 1.88. The molecule has 0 radical (unpaired) electrons. The predicted octanol–water partition coefficient (Wildman–Crippen LogP) is 3.39. The minimum atomic E-state index is 0.467. The Hall–Kier alpha value is -2.19. The molecule has 2 aromatic rings. The molecule has 0 fully saturated rings. The fourth-order valence-corrected chi connectivity index (χ4v) is 2.08. The fraction of sp³-hybridized carbons (Fsp3) is 0.133. The number of nitrogens with zero attached hydrogens (tertiary/aromatic N) is 1. The first kappa shape index (κ1) is 14.2. The molecule has 4 nitrogen and oxygen atoms in total. The minimum Gasteiger partial charge on any atom is -0.490 e. The molecule has 0 unspecified atom stereocenters. The van der Waals surface area contributed by atoms with Gasteiger partial charge in [0.2, 0.25) is 0 Å². The minimum absolute atomic E-state index is 0.467. The molecule has 0 aliphatic rings. The topological polar surface area (TPSA) is 71.1 Å². The molecule has 0 bridgehead atoms. The zero-order chi connectivity index (χ0) is 14.4. The van der Waals surface area contributed by atoms with Gasteiger partial charge in [-0.15, -0.1) is 0 Å². The second-order valence-corrected chi connectivity index (χ2v) is 5.03. The quantitative estimate of drug-likeness (QED) is 0.650. The van der Waals surface area contributed by atoms with E-state index in [9.17, 15) is 0 Å². The Bertz CT molecular complexity index is 637. The van der Waals surface area contributed by atoms with Gasteiger partial charge in [-0.2, -0.15) is 5.26 Å². The zero-order valence-corrected chi connectivity index (χ0v) is 12.4. The lowest BCUT2D eigenvalue weighted by molar-refractivity contribution is 0.334. The summed E-state index contributed by atoms with van der Waals surface area (Å²) in [6, 6.07) is 15.0. The van der Waals surface area contributed by atoms with E-state index in [1.54, 1.807) is 12.1 Å². The van der Waals surface area contributed by atoms with Crippen molar-refractivity contribution in [1.29, 1.82) is 5.26 Å². The van der Waals surface area contributed by atoms with Crippen LogP contribution in [0.5, 0.6) is 5.75 Å². The van der Waals surface area contributed by atoms with Gasteiger partial charge in [0.25, 0.3) is 0 Å². The molecule has 0 aliphatic carbocycles. The van der Waals surface area contributed by atoms with E-state index >= 15 is 0 Å². The summed E-state index contributed by atoms with van der Waals surface area (Å²) in [6.45, 7) is 1.06. The molecule has 0 atom stereocenters. The van der Waals surface area contributed by atoms with Gasteiger partial charge in [-0.3, -0.25) is 0 Å². The van der Waals surface area contributed by atoms with Crippen molar-refractivity contribution in [3.63, 3.8) is 0 Å². The van der Waals surface area contributed by atoms with Crippen LogP contribution < -0.4 is 15.8 Å². The monoisotopic (exact) mass is 331 g/mol. The number of ether oxygens (including phenoxy) is 1. The van der Waals surface area contributed by atoms with E-state index in [0.29, 0.717) is 30.2 Å². The molecule has 0 spiro atoms. The van der Waals surface area contributed by atoms with Gasteiger partial charge in [0.15, 0.2) is 0 Å². The Kier molecular flexibility index (Phi) is 4.85. The van der Waals surface area contributed by atoms with Crippen LogP contribution in [0, 0.1) is 11.3 Å². The van der Waals surface area contributed by atoms with Crippen molar-refractivity contribution < 1.29 is 4.74 Å². The van der Waals surface area contributed by atoms with Gasteiger partial charge in [0.1, 0.15) is 18.4 Å². The average Bonchev–Trinajstić information content (AvgIpc) is 2.46. The third-order valence-corrected chi connectivity index (χ3v) is 3.19. The van der Waals surface area contributed by atoms with Gasteiger partial charge in [0.05, 0.1) is 16.9 Å². The lowest BCUT2D eigenvalue weighted by atomic mass is 10.2. The zero-order valence-electron chi connectivity index (χ0n) is 10.8. The summed E-state index contributed by atoms with van der Waals surface area (Å²) in [4.78, 5) is 0. The Morgan fingerprint density at radius 2 is 2.05 bits per heavy atom. The van der Waals surface area contributed by atoms with Crippen molar-refractivity contribution in [1.82, 2.24) is 0 Å². The Morgan fingerprint density at radius 1 is 1.25 bits per heavy atom.